The smallest absolute Gasteiger partial charge is 0.131 e. The SMILES string of the molecule is CCNC(CSC(C)CC)c1ccc(OC)cc1F. The number of hydrogen-bond acceptors (Lipinski definition) is 3. The first kappa shape index (κ1) is 16.3. The van der Waals surface area contributed by atoms with Gasteiger partial charge in [-0.3, -0.25) is 0 Å². The Kier molecular flexibility index (Phi) is 7.24. The lowest BCUT2D eigenvalue weighted by Gasteiger charge is -2.20. The van der Waals surface area contributed by atoms with Crippen molar-refractivity contribution in [2.24, 2.45) is 0 Å². The normalized spacial score (nSPS) is 14.2. The Balaban J connectivity index is 2.80. The second-order valence-corrected chi connectivity index (χ2v) is 6.02. The van der Waals surface area contributed by atoms with Crippen molar-refractivity contribution >= 4 is 11.8 Å². The van der Waals surface area contributed by atoms with E-state index in [1.807, 2.05) is 30.8 Å². The molecular formula is C15H24FNOS. The number of halogens is 1. The molecular weight excluding hydrogens is 261 g/mol. The van der Waals surface area contributed by atoms with Gasteiger partial charge in [0.15, 0.2) is 0 Å². The average Bonchev–Trinajstić information content (AvgIpc) is 2.43. The van der Waals surface area contributed by atoms with Gasteiger partial charge in [-0.2, -0.15) is 11.8 Å². The summed E-state index contributed by atoms with van der Waals surface area (Å²) in [6, 6.07) is 5.14. The largest absolute Gasteiger partial charge is 0.497 e. The third-order valence-corrected chi connectivity index (χ3v) is 4.58. The van der Waals surface area contributed by atoms with Crippen LogP contribution in [-0.2, 0) is 0 Å². The monoisotopic (exact) mass is 285 g/mol. The van der Waals surface area contributed by atoms with Crippen LogP contribution >= 0.6 is 11.8 Å². The highest BCUT2D eigenvalue weighted by molar-refractivity contribution is 7.99. The van der Waals surface area contributed by atoms with Crippen LogP contribution in [0.5, 0.6) is 5.75 Å². The Labute approximate surface area is 120 Å². The summed E-state index contributed by atoms with van der Waals surface area (Å²) in [4.78, 5) is 0. The highest BCUT2D eigenvalue weighted by Crippen LogP contribution is 2.26. The first-order chi connectivity index (χ1) is 9.12. The molecule has 1 rings (SSSR count). The molecule has 2 nitrogen and oxygen atoms in total. The van der Waals surface area contributed by atoms with E-state index in [1.165, 1.54) is 6.07 Å². The third-order valence-electron chi connectivity index (χ3n) is 3.16. The molecule has 0 bridgehead atoms. The van der Waals surface area contributed by atoms with Gasteiger partial charge in [0.25, 0.3) is 0 Å². The standard InChI is InChI=1S/C15H24FNOS/c1-5-11(3)19-10-15(17-6-2)13-8-7-12(18-4)9-14(13)16/h7-9,11,15,17H,5-6,10H2,1-4H3. The van der Waals surface area contributed by atoms with Crippen LogP contribution < -0.4 is 10.1 Å². The predicted octanol–water partition coefficient (Wildman–Crippen LogP) is 4.02. The van der Waals surface area contributed by atoms with Gasteiger partial charge in [-0.25, -0.2) is 4.39 Å². The molecule has 0 aliphatic heterocycles. The number of methoxy groups -OCH3 is 1. The van der Waals surface area contributed by atoms with Crippen molar-refractivity contribution in [3.63, 3.8) is 0 Å². The number of ether oxygens (including phenoxy) is 1. The Morgan fingerprint density at radius 2 is 2.11 bits per heavy atom. The molecule has 1 aromatic rings. The zero-order valence-electron chi connectivity index (χ0n) is 12.2. The van der Waals surface area contributed by atoms with E-state index in [0.29, 0.717) is 11.0 Å². The van der Waals surface area contributed by atoms with Gasteiger partial charge < -0.3 is 10.1 Å². The first-order valence-corrected chi connectivity index (χ1v) is 7.85. The summed E-state index contributed by atoms with van der Waals surface area (Å²) < 4.78 is 19.1. The molecule has 0 fully saturated rings. The van der Waals surface area contributed by atoms with Crippen molar-refractivity contribution in [3.05, 3.63) is 29.6 Å². The van der Waals surface area contributed by atoms with Crippen LogP contribution in [0, 0.1) is 5.82 Å². The van der Waals surface area contributed by atoms with E-state index in [1.54, 1.807) is 7.11 Å². The van der Waals surface area contributed by atoms with Crippen LogP contribution in [-0.4, -0.2) is 24.7 Å². The molecule has 0 aliphatic carbocycles. The number of thioether (sulfide) groups is 1. The van der Waals surface area contributed by atoms with Gasteiger partial charge in [0, 0.05) is 28.7 Å². The molecule has 0 aromatic heterocycles. The van der Waals surface area contributed by atoms with E-state index in [9.17, 15) is 4.39 Å². The fourth-order valence-corrected chi connectivity index (χ4v) is 2.85. The van der Waals surface area contributed by atoms with Gasteiger partial charge in [-0.05, 0) is 19.0 Å². The van der Waals surface area contributed by atoms with Gasteiger partial charge in [-0.15, -0.1) is 0 Å². The third kappa shape index (κ3) is 5.03. The Morgan fingerprint density at radius 1 is 1.37 bits per heavy atom. The van der Waals surface area contributed by atoms with E-state index in [2.05, 4.69) is 19.2 Å². The van der Waals surface area contributed by atoms with E-state index in [4.69, 9.17) is 4.74 Å². The van der Waals surface area contributed by atoms with Gasteiger partial charge in [-0.1, -0.05) is 26.8 Å². The maximum Gasteiger partial charge on any atom is 0.131 e. The zero-order chi connectivity index (χ0) is 14.3. The van der Waals surface area contributed by atoms with Crippen molar-refractivity contribution in [1.29, 1.82) is 0 Å². The predicted molar refractivity (Wildman–Crippen MR) is 81.6 cm³/mol. The lowest BCUT2D eigenvalue weighted by Crippen LogP contribution is -2.24. The first-order valence-electron chi connectivity index (χ1n) is 6.80. The highest BCUT2D eigenvalue weighted by Gasteiger charge is 2.16. The summed E-state index contributed by atoms with van der Waals surface area (Å²) in [5.41, 5.74) is 0.721. The minimum Gasteiger partial charge on any atom is -0.497 e. The fourth-order valence-electron chi connectivity index (χ4n) is 1.80. The molecule has 0 aliphatic rings. The molecule has 2 unspecified atom stereocenters. The maximum atomic E-state index is 14.1. The molecule has 0 radical (unpaired) electrons. The van der Waals surface area contributed by atoms with Gasteiger partial charge >= 0.3 is 0 Å². The summed E-state index contributed by atoms with van der Waals surface area (Å²) in [5, 5.41) is 3.95. The van der Waals surface area contributed by atoms with Crippen molar-refractivity contribution in [1.82, 2.24) is 5.32 Å². The lowest BCUT2D eigenvalue weighted by atomic mass is 10.1. The van der Waals surface area contributed by atoms with E-state index < -0.39 is 0 Å². The van der Waals surface area contributed by atoms with E-state index in [-0.39, 0.29) is 11.9 Å². The van der Waals surface area contributed by atoms with Crippen LogP contribution in [0.25, 0.3) is 0 Å². The molecule has 0 amide bonds. The van der Waals surface area contributed by atoms with Gasteiger partial charge in [0.2, 0.25) is 0 Å². The Hall–Kier alpha value is -0.740. The molecule has 0 saturated carbocycles. The number of rotatable bonds is 8. The molecule has 0 saturated heterocycles. The summed E-state index contributed by atoms with van der Waals surface area (Å²) in [5.74, 6) is 1.24. The second-order valence-electron chi connectivity index (χ2n) is 4.55. The van der Waals surface area contributed by atoms with Crippen molar-refractivity contribution < 1.29 is 9.13 Å². The molecule has 1 aromatic carbocycles. The van der Waals surface area contributed by atoms with Crippen LogP contribution in [0.2, 0.25) is 0 Å². The van der Waals surface area contributed by atoms with Crippen LogP contribution in [0.4, 0.5) is 4.39 Å². The topological polar surface area (TPSA) is 21.3 Å². The average molecular weight is 285 g/mol. The minimum absolute atomic E-state index is 0.0508. The number of benzene rings is 1. The second kappa shape index (κ2) is 8.43. The number of hydrogen-bond donors (Lipinski definition) is 1. The Bertz CT molecular complexity index is 386. The van der Waals surface area contributed by atoms with Crippen LogP contribution in [0.3, 0.4) is 0 Å². The maximum absolute atomic E-state index is 14.1. The quantitative estimate of drug-likeness (QED) is 0.779. The molecule has 108 valence electrons. The summed E-state index contributed by atoms with van der Waals surface area (Å²) in [7, 11) is 1.55. The van der Waals surface area contributed by atoms with Gasteiger partial charge in [0.05, 0.1) is 7.11 Å². The van der Waals surface area contributed by atoms with Crippen molar-refractivity contribution in [2.45, 2.75) is 38.5 Å². The molecule has 0 spiro atoms. The Morgan fingerprint density at radius 3 is 2.63 bits per heavy atom. The molecule has 1 N–H and O–H groups in total. The van der Waals surface area contributed by atoms with E-state index in [0.717, 1.165) is 24.3 Å². The van der Waals surface area contributed by atoms with Crippen molar-refractivity contribution in [3.8, 4) is 5.75 Å². The highest BCUT2D eigenvalue weighted by atomic mass is 32.2. The summed E-state index contributed by atoms with van der Waals surface area (Å²) in [6.07, 6.45) is 1.13. The minimum atomic E-state index is -0.199. The molecule has 19 heavy (non-hydrogen) atoms. The van der Waals surface area contributed by atoms with Crippen LogP contribution in [0.15, 0.2) is 18.2 Å². The summed E-state index contributed by atoms with van der Waals surface area (Å²) in [6.45, 7) is 7.26. The zero-order valence-corrected chi connectivity index (χ0v) is 13.0. The van der Waals surface area contributed by atoms with Crippen molar-refractivity contribution in [2.75, 3.05) is 19.4 Å². The number of nitrogens with one attached hydrogen (secondary N) is 1. The van der Waals surface area contributed by atoms with E-state index >= 15 is 0 Å². The summed E-state index contributed by atoms with van der Waals surface area (Å²) >= 11 is 1.88. The molecule has 4 heteroatoms. The lowest BCUT2D eigenvalue weighted by molar-refractivity contribution is 0.409. The van der Waals surface area contributed by atoms with Gasteiger partial charge in [0.1, 0.15) is 11.6 Å². The molecule has 2 atom stereocenters. The molecule has 0 heterocycles. The van der Waals surface area contributed by atoms with Crippen LogP contribution in [0.1, 0.15) is 38.8 Å². The fraction of sp³-hybridized carbons (Fsp3) is 0.600.